The number of aromatic nitrogens is 1. The second-order valence-electron chi connectivity index (χ2n) is 4.78. The monoisotopic (exact) mass is 306 g/mol. The molecule has 0 unspecified atom stereocenters. The van der Waals surface area contributed by atoms with E-state index in [0.717, 1.165) is 46.9 Å². The molecule has 0 atom stereocenters. The van der Waals surface area contributed by atoms with Gasteiger partial charge in [-0.25, -0.2) is 0 Å². The summed E-state index contributed by atoms with van der Waals surface area (Å²) in [7, 11) is 0. The molecule has 94 valence electrons. The molecule has 2 aromatic rings. The second-order valence-corrected chi connectivity index (χ2v) is 5.70. The molecule has 18 heavy (non-hydrogen) atoms. The van der Waals surface area contributed by atoms with Crippen LogP contribution in [0.3, 0.4) is 0 Å². The van der Waals surface area contributed by atoms with Crippen molar-refractivity contribution in [3.8, 4) is 0 Å². The van der Waals surface area contributed by atoms with Gasteiger partial charge in [-0.3, -0.25) is 4.79 Å². The molecule has 0 aliphatic carbocycles. The number of halogens is 1. The van der Waals surface area contributed by atoms with Gasteiger partial charge in [0.1, 0.15) is 0 Å². The van der Waals surface area contributed by atoms with Gasteiger partial charge in [0.05, 0.1) is 0 Å². The molecule has 2 N–H and O–H groups in total. The molecule has 2 heterocycles. The Morgan fingerprint density at radius 1 is 1.28 bits per heavy atom. The van der Waals surface area contributed by atoms with Crippen molar-refractivity contribution >= 4 is 32.6 Å². The SMILES string of the molecule is O=C(c1c[nH]c2cc(Br)ccc12)C1CCNCC1. The number of Topliss-reactive ketones (excluding diaryl/α,β-unsaturated/α-hetero) is 1. The van der Waals surface area contributed by atoms with E-state index in [-0.39, 0.29) is 11.7 Å². The minimum atomic E-state index is 0.175. The summed E-state index contributed by atoms with van der Waals surface area (Å²) in [6.07, 6.45) is 3.74. The summed E-state index contributed by atoms with van der Waals surface area (Å²) >= 11 is 3.44. The van der Waals surface area contributed by atoms with Crippen LogP contribution in [0.2, 0.25) is 0 Å². The molecule has 1 fully saturated rings. The van der Waals surface area contributed by atoms with Crippen LogP contribution in [0.1, 0.15) is 23.2 Å². The number of fused-ring (bicyclic) bond motifs is 1. The first kappa shape index (κ1) is 11.9. The van der Waals surface area contributed by atoms with Crippen molar-refractivity contribution in [2.45, 2.75) is 12.8 Å². The van der Waals surface area contributed by atoms with Crippen LogP contribution < -0.4 is 5.32 Å². The van der Waals surface area contributed by atoms with Crippen LogP contribution in [0.5, 0.6) is 0 Å². The predicted molar refractivity (Wildman–Crippen MR) is 75.9 cm³/mol. The van der Waals surface area contributed by atoms with Gasteiger partial charge in [-0.15, -0.1) is 0 Å². The number of hydrogen-bond acceptors (Lipinski definition) is 2. The maximum atomic E-state index is 12.5. The van der Waals surface area contributed by atoms with Gasteiger partial charge in [0.2, 0.25) is 0 Å². The number of ketones is 1. The maximum Gasteiger partial charge on any atom is 0.168 e. The molecule has 4 heteroatoms. The first-order valence-electron chi connectivity index (χ1n) is 6.27. The van der Waals surface area contributed by atoms with E-state index in [1.54, 1.807) is 0 Å². The van der Waals surface area contributed by atoms with E-state index in [9.17, 15) is 4.79 Å². The Kier molecular flexibility index (Phi) is 3.22. The minimum absolute atomic E-state index is 0.175. The Balaban J connectivity index is 1.96. The van der Waals surface area contributed by atoms with Crippen molar-refractivity contribution in [2.24, 2.45) is 5.92 Å². The van der Waals surface area contributed by atoms with Gasteiger partial charge in [0.25, 0.3) is 0 Å². The van der Waals surface area contributed by atoms with Crippen molar-refractivity contribution in [1.82, 2.24) is 10.3 Å². The molecule has 0 saturated carbocycles. The summed E-state index contributed by atoms with van der Waals surface area (Å²) in [5.41, 5.74) is 1.85. The van der Waals surface area contributed by atoms with Crippen molar-refractivity contribution in [3.63, 3.8) is 0 Å². The Morgan fingerprint density at radius 2 is 2.06 bits per heavy atom. The number of nitrogens with one attached hydrogen (secondary N) is 2. The smallest absolute Gasteiger partial charge is 0.168 e. The van der Waals surface area contributed by atoms with Crippen molar-refractivity contribution in [2.75, 3.05) is 13.1 Å². The standard InChI is InChI=1S/C14H15BrN2O/c15-10-1-2-11-12(8-17-13(11)7-10)14(18)9-3-5-16-6-4-9/h1-2,7-9,16-17H,3-6H2. The maximum absolute atomic E-state index is 12.5. The van der Waals surface area contributed by atoms with Crippen LogP contribution in [-0.2, 0) is 0 Å². The molecule has 1 aromatic carbocycles. The minimum Gasteiger partial charge on any atom is -0.360 e. The largest absolute Gasteiger partial charge is 0.360 e. The highest BCUT2D eigenvalue weighted by Gasteiger charge is 2.24. The fourth-order valence-electron chi connectivity index (χ4n) is 2.61. The molecule has 1 aliphatic rings. The van der Waals surface area contributed by atoms with Crippen LogP contribution in [0.15, 0.2) is 28.9 Å². The highest BCUT2D eigenvalue weighted by Crippen LogP contribution is 2.26. The van der Waals surface area contributed by atoms with Crippen LogP contribution in [-0.4, -0.2) is 23.9 Å². The first-order valence-corrected chi connectivity index (χ1v) is 7.06. The summed E-state index contributed by atoms with van der Waals surface area (Å²) in [5.74, 6) is 0.457. The van der Waals surface area contributed by atoms with E-state index in [2.05, 4.69) is 26.2 Å². The quantitative estimate of drug-likeness (QED) is 0.837. The van der Waals surface area contributed by atoms with E-state index in [1.165, 1.54) is 0 Å². The fraction of sp³-hybridized carbons (Fsp3) is 0.357. The van der Waals surface area contributed by atoms with E-state index >= 15 is 0 Å². The number of hydrogen-bond donors (Lipinski definition) is 2. The average Bonchev–Trinajstić information content (AvgIpc) is 2.81. The van der Waals surface area contributed by atoms with Gasteiger partial charge in [-0.1, -0.05) is 22.0 Å². The van der Waals surface area contributed by atoms with E-state index in [1.807, 2.05) is 24.4 Å². The lowest BCUT2D eigenvalue weighted by Crippen LogP contribution is -2.31. The Morgan fingerprint density at radius 3 is 2.83 bits per heavy atom. The fourth-order valence-corrected chi connectivity index (χ4v) is 2.97. The third-order valence-electron chi connectivity index (χ3n) is 3.62. The summed E-state index contributed by atoms with van der Waals surface area (Å²) in [5, 5.41) is 4.32. The number of carbonyl (C=O) groups is 1. The predicted octanol–water partition coefficient (Wildman–Crippen LogP) is 3.11. The molecule has 0 radical (unpaired) electrons. The third-order valence-corrected chi connectivity index (χ3v) is 4.11. The van der Waals surface area contributed by atoms with Gasteiger partial charge in [-0.05, 0) is 38.1 Å². The van der Waals surface area contributed by atoms with Crippen molar-refractivity contribution in [1.29, 1.82) is 0 Å². The molecule has 1 saturated heterocycles. The number of carbonyl (C=O) groups excluding carboxylic acids is 1. The Hall–Kier alpha value is -1.13. The van der Waals surface area contributed by atoms with Crippen LogP contribution in [0.4, 0.5) is 0 Å². The zero-order chi connectivity index (χ0) is 12.5. The normalized spacial score (nSPS) is 17.2. The van der Waals surface area contributed by atoms with Gasteiger partial charge in [0.15, 0.2) is 5.78 Å². The van der Waals surface area contributed by atoms with E-state index in [4.69, 9.17) is 0 Å². The molecular weight excluding hydrogens is 292 g/mol. The summed E-state index contributed by atoms with van der Waals surface area (Å²) in [4.78, 5) is 15.7. The highest BCUT2D eigenvalue weighted by molar-refractivity contribution is 9.10. The molecule has 0 spiro atoms. The van der Waals surface area contributed by atoms with Gasteiger partial charge in [0, 0.05) is 33.1 Å². The lowest BCUT2D eigenvalue weighted by atomic mass is 9.89. The number of aromatic amines is 1. The van der Waals surface area contributed by atoms with E-state index in [0.29, 0.717) is 0 Å². The lowest BCUT2D eigenvalue weighted by Gasteiger charge is -2.21. The molecule has 0 bridgehead atoms. The highest BCUT2D eigenvalue weighted by atomic mass is 79.9. The van der Waals surface area contributed by atoms with Gasteiger partial charge in [-0.2, -0.15) is 0 Å². The zero-order valence-electron chi connectivity index (χ0n) is 10.0. The lowest BCUT2D eigenvalue weighted by molar-refractivity contribution is 0.0897. The number of benzene rings is 1. The molecule has 3 nitrogen and oxygen atoms in total. The average molecular weight is 307 g/mol. The zero-order valence-corrected chi connectivity index (χ0v) is 11.6. The summed E-state index contributed by atoms with van der Waals surface area (Å²) < 4.78 is 1.03. The Bertz CT molecular complexity index is 584. The van der Waals surface area contributed by atoms with Crippen molar-refractivity contribution in [3.05, 3.63) is 34.4 Å². The van der Waals surface area contributed by atoms with E-state index < -0.39 is 0 Å². The number of rotatable bonds is 2. The first-order chi connectivity index (χ1) is 8.75. The van der Waals surface area contributed by atoms with Gasteiger partial charge < -0.3 is 10.3 Å². The topological polar surface area (TPSA) is 44.9 Å². The molecule has 3 rings (SSSR count). The molecule has 0 amide bonds. The van der Waals surface area contributed by atoms with Gasteiger partial charge >= 0.3 is 0 Å². The summed E-state index contributed by atoms with van der Waals surface area (Å²) in [6, 6.07) is 5.99. The number of H-pyrrole nitrogens is 1. The third kappa shape index (κ3) is 2.10. The second kappa shape index (κ2) is 4.86. The molecule has 1 aromatic heterocycles. The molecule has 1 aliphatic heterocycles. The summed E-state index contributed by atoms with van der Waals surface area (Å²) in [6.45, 7) is 1.90. The van der Waals surface area contributed by atoms with Crippen molar-refractivity contribution < 1.29 is 4.79 Å². The van der Waals surface area contributed by atoms with Crippen LogP contribution in [0.25, 0.3) is 10.9 Å². The Labute approximate surface area is 114 Å². The number of piperidine rings is 1. The van der Waals surface area contributed by atoms with Crippen LogP contribution in [0, 0.1) is 5.92 Å². The molecular formula is C14H15BrN2O. The van der Waals surface area contributed by atoms with Crippen LogP contribution >= 0.6 is 15.9 Å².